The fraction of sp³-hybridized carbons (Fsp3) is 0.400. The van der Waals surface area contributed by atoms with Gasteiger partial charge in [-0.3, -0.25) is 0 Å². The van der Waals surface area contributed by atoms with Crippen molar-refractivity contribution in [1.29, 1.82) is 0 Å². The Bertz CT molecular complexity index is 282. The second-order valence-electron chi connectivity index (χ2n) is 2.80. The van der Waals surface area contributed by atoms with Crippen molar-refractivity contribution in [2.75, 3.05) is 20.7 Å². The zero-order valence-corrected chi connectivity index (χ0v) is 8.53. The molecule has 0 unspecified atom stereocenters. The molecular formula is C10H15N3O. The van der Waals surface area contributed by atoms with E-state index in [4.69, 9.17) is 4.74 Å². The van der Waals surface area contributed by atoms with E-state index < -0.39 is 0 Å². The van der Waals surface area contributed by atoms with Crippen molar-refractivity contribution in [3.05, 3.63) is 23.9 Å². The average Bonchev–Trinajstić information content (AvgIpc) is 2.25. The van der Waals surface area contributed by atoms with Crippen LogP contribution >= 0.6 is 0 Å². The van der Waals surface area contributed by atoms with Gasteiger partial charge in [0.05, 0.1) is 12.8 Å². The van der Waals surface area contributed by atoms with Crippen LogP contribution in [0.5, 0.6) is 5.88 Å². The molecule has 4 nitrogen and oxygen atoms in total. The van der Waals surface area contributed by atoms with Gasteiger partial charge in [-0.2, -0.15) is 0 Å². The van der Waals surface area contributed by atoms with Crippen molar-refractivity contribution >= 4 is 6.08 Å². The molecule has 0 spiro atoms. The normalized spacial score (nSPS) is 10.7. The van der Waals surface area contributed by atoms with Crippen molar-refractivity contribution < 1.29 is 4.74 Å². The highest BCUT2D eigenvalue weighted by molar-refractivity contribution is 5.43. The maximum Gasteiger partial charge on any atom is 0.233 e. The van der Waals surface area contributed by atoms with Crippen LogP contribution in [0.1, 0.15) is 12.1 Å². The van der Waals surface area contributed by atoms with Crippen LogP contribution < -0.4 is 10.1 Å². The lowest BCUT2D eigenvalue weighted by molar-refractivity contribution is 0.392. The molecule has 76 valence electrons. The van der Waals surface area contributed by atoms with Gasteiger partial charge in [0, 0.05) is 6.07 Å². The third-order valence-electron chi connectivity index (χ3n) is 1.72. The number of methoxy groups -OCH3 is 1. The smallest absolute Gasteiger partial charge is 0.233 e. The third-order valence-corrected chi connectivity index (χ3v) is 1.72. The molecule has 1 rings (SSSR count). The molecule has 0 aliphatic carbocycles. The molecule has 0 amide bonds. The average molecular weight is 193 g/mol. The molecule has 14 heavy (non-hydrogen) atoms. The van der Waals surface area contributed by atoms with E-state index in [0.29, 0.717) is 5.88 Å². The van der Waals surface area contributed by atoms with Gasteiger partial charge in [-0.25, -0.2) is 0 Å². The topological polar surface area (TPSA) is 47.0 Å². The lowest BCUT2D eigenvalue weighted by Gasteiger charge is -1.96. The Morgan fingerprint density at radius 1 is 1.43 bits per heavy atom. The standard InChI is InChI=1S/C10H15N3O/c1-11-8-4-3-5-9-6-7-10(14-2)13-12-9/h3,5-7,11H,4,8H2,1-2H3. The highest BCUT2D eigenvalue weighted by atomic mass is 16.5. The minimum Gasteiger partial charge on any atom is -0.480 e. The van der Waals surface area contributed by atoms with Crippen molar-refractivity contribution in [3.63, 3.8) is 0 Å². The molecule has 0 bridgehead atoms. The number of rotatable bonds is 5. The second kappa shape index (κ2) is 6.10. The zero-order chi connectivity index (χ0) is 10.2. The van der Waals surface area contributed by atoms with Gasteiger partial charge in [0.1, 0.15) is 0 Å². The Kier molecular flexibility index (Phi) is 4.64. The SMILES string of the molecule is CNCCC=Cc1ccc(OC)nn1. The van der Waals surface area contributed by atoms with Crippen LogP contribution in [-0.4, -0.2) is 30.9 Å². The fourth-order valence-electron chi connectivity index (χ4n) is 0.960. The Morgan fingerprint density at radius 2 is 2.29 bits per heavy atom. The lowest BCUT2D eigenvalue weighted by Crippen LogP contribution is -2.05. The van der Waals surface area contributed by atoms with E-state index >= 15 is 0 Å². The quantitative estimate of drug-likeness (QED) is 0.711. The second-order valence-corrected chi connectivity index (χ2v) is 2.80. The maximum absolute atomic E-state index is 4.90. The summed E-state index contributed by atoms with van der Waals surface area (Å²) < 4.78 is 4.90. The van der Waals surface area contributed by atoms with Crippen LogP contribution in [0, 0.1) is 0 Å². The zero-order valence-electron chi connectivity index (χ0n) is 8.53. The lowest BCUT2D eigenvalue weighted by atomic mass is 10.3. The molecule has 4 heteroatoms. The van der Waals surface area contributed by atoms with E-state index in [2.05, 4.69) is 21.6 Å². The van der Waals surface area contributed by atoms with Gasteiger partial charge >= 0.3 is 0 Å². The molecule has 0 aromatic carbocycles. The number of hydrogen-bond acceptors (Lipinski definition) is 4. The summed E-state index contributed by atoms with van der Waals surface area (Å²) in [5.74, 6) is 0.539. The summed E-state index contributed by atoms with van der Waals surface area (Å²) in [7, 11) is 3.51. The van der Waals surface area contributed by atoms with Crippen molar-refractivity contribution in [2.24, 2.45) is 0 Å². The molecule has 0 atom stereocenters. The summed E-state index contributed by atoms with van der Waals surface area (Å²) in [6.07, 6.45) is 5.00. The first-order valence-electron chi connectivity index (χ1n) is 4.55. The van der Waals surface area contributed by atoms with E-state index in [9.17, 15) is 0 Å². The molecule has 1 aromatic rings. The van der Waals surface area contributed by atoms with Crippen LogP contribution in [0.2, 0.25) is 0 Å². The Hall–Kier alpha value is -1.42. The van der Waals surface area contributed by atoms with Crippen LogP contribution in [-0.2, 0) is 0 Å². The number of nitrogens with zero attached hydrogens (tertiary/aromatic N) is 2. The summed E-state index contributed by atoms with van der Waals surface area (Å²) >= 11 is 0. The monoisotopic (exact) mass is 193 g/mol. The minimum atomic E-state index is 0.539. The first kappa shape index (κ1) is 10.7. The van der Waals surface area contributed by atoms with E-state index in [1.807, 2.05) is 19.2 Å². The minimum absolute atomic E-state index is 0.539. The van der Waals surface area contributed by atoms with Crippen molar-refractivity contribution in [1.82, 2.24) is 15.5 Å². The molecular weight excluding hydrogens is 178 g/mol. The molecule has 1 aromatic heterocycles. The predicted octanol–water partition coefficient (Wildman–Crippen LogP) is 1.11. The van der Waals surface area contributed by atoms with E-state index in [1.54, 1.807) is 13.2 Å². The number of hydrogen-bond donors (Lipinski definition) is 1. The van der Waals surface area contributed by atoms with Gasteiger partial charge < -0.3 is 10.1 Å². The fourth-order valence-corrected chi connectivity index (χ4v) is 0.960. The van der Waals surface area contributed by atoms with E-state index in [0.717, 1.165) is 18.7 Å². The summed E-state index contributed by atoms with van der Waals surface area (Å²) in [5, 5.41) is 10.9. The van der Waals surface area contributed by atoms with Gasteiger partial charge in [-0.05, 0) is 32.2 Å². The first-order valence-corrected chi connectivity index (χ1v) is 4.55. The molecule has 1 heterocycles. The van der Waals surface area contributed by atoms with Gasteiger partial charge in [0.25, 0.3) is 0 Å². The highest BCUT2D eigenvalue weighted by Crippen LogP contribution is 2.04. The van der Waals surface area contributed by atoms with Gasteiger partial charge in [0.2, 0.25) is 5.88 Å². The van der Waals surface area contributed by atoms with Crippen LogP contribution in [0.4, 0.5) is 0 Å². The number of nitrogens with one attached hydrogen (secondary N) is 1. The van der Waals surface area contributed by atoms with Crippen LogP contribution in [0.25, 0.3) is 6.08 Å². The van der Waals surface area contributed by atoms with Gasteiger partial charge in [0.15, 0.2) is 0 Å². The molecule has 0 radical (unpaired) electrons. The van der Waals surface area contributed by atoms with Crippen LogP contribution in [0.15, 0.2) is 18.2 Å². The highest BCUT2D eigenvalue weighted by Gasteiger charge is 1.92. The summed E-state index contributed by atoms with van der Waals surface area (Å²) in [6.45, 7) is 0.972. The predicted molar refractivity (Wildman–Crippen MR) is 56.2 cm³/mol. The summed E-state index contributed by atoms with van der Waals surface area (Å²) in [6, 6.07) is 3.67. The van der Waals surface area contributed by atoms with Gasteiger partial charge in [-0.1, -0.05) is 6.08 Å². The Morgan fingerprint density at radius 3 is 2.86 bits per heavy atom. The molecule has 0 aliphatic heterocycles. The van der Waals surface area contributed by atoms with Crippen LogP contribution in [0.3, 0.4) is 0 Å². The molecule has 0 saturated carbocycles. The molecule has 0 saturated heterocycles. The first-order chi connectivity index (χ1) is 6.86. The van der Waals surface area contributed by atoms with E-state index in [-0.39, 0.29) is 0 Å². The largest absolute Gasteiger partial charge is 0.480 e. The Balaban J connectivity index is 2.47. The third kappa shape index (κ3) is 3.53. The van der Waals surface area contributed by atoms with E-state index in [1.165, 1.54) is 0 Å². The van der Waals surface area contributed by atoms with Crippen molar-refractivity contribution in [3.8, 4) is 5.88 Å². The van der Waals surface area contributed by atoms with Gasteiger partial charge in [-0.15, -0.1) is 10.2 Å². The molecule has 0 fully saturated rings. The Labute approximate surface area is 84.0 Å². The summed E-state index contributed by atoms with van der Waals surface area (Å²) in [4.78, 5) is 0. The number of ether oxygens (including phenoxy) is 1. The molecule has 0 aliphatic rings. The summed E-state index contributed by atoms with van der Waals surface area (Å²) in [5.41, 5.74) is 0.849. The molecule has 1 N–H and O–H groups in total. The number of aromatic nitrogens is 2. The van der Waals surface area contributed by atoms with Crippen molar-refractivity contribution in [2.45, 2.75) is 6.42 Å². The maximum atomic E-state index is 4.90.